The molecule has 1 heterocycles. The number of nitrogens with zero attached hydrogens (tertiary/aromatic N) is 1. The van der Waals surface area contributed by atoms with Crippen molar-refractivity contribution in [2.24, 2.45) is 0 Å². The van der Waals surface area contributed by atoms with E-state index >= 15 is 0 Å². The maximum Gasteiger partial charge on any atom is 0.224 e. The van der Waals surface area contributed by atoms with Gasteiger partial charge in [0, 0.05) is 43.2 Å². The molecule has 0 aromatic heterocycles. The summed E-state index contributed by atoms with van der Waals surface area (Å²) in [6.45, 7) is 5.43. The van der Waals surface area contributed by atoms with Gasteiger partial charge in [0.2, 0.25) is 5.91 Å². The summed E-state index contributed by atoms with van der Waals surface area (Å²) in [5.41, 5.74) is 4.70. The van der Waals surface area contributed by atoms with E-state index in [-0.39, 0.29) is 5.91 Å². The van der Waals surface area contributed by atoms with Crippen molar-refractivity contribution in [1.82, 2.24) is 4.90 Å². The molecule has 26 heavy (non-hydrogen) atoms. The van der Waals surface area contributed by atoms with E-state index in [2.05, 4.69) is 47.5 Å². The van der Waals surface area contributed by atoms with Crippen molar-refractivity contribution in [2.45, 2.75) is 32.7 Å². The van der Waals surface area contributed by atoms with E-state index in [0.29, 0.717) is 6.42 Å². The van der Waals surface area contributed by atoms with Crippen molar-refractivity contribution >= 4 is 23.4 Å². The van der Waals surface area contributed by atoms with Gasteiger partial charge in [-0.05, 0) is 42.5 Å². The molecule has 3 nitrogen and oxygen atoms in total. The first-order valence-electron chi connectivity index (χ1n) is 9.44. The standard InChI is InChI=1S/C22H28N2OS/c1-18-16-20(17-24-12-14-26-15-13-24)10-11-21(18)23-22(25)9-5-8-19-6-3-2-4-7-19/h2-4,6-7,10-11,16H,5,8-9,12-15,17H2,1H3,(H,23,25). The van der Waals surface area contributed by atoms with Gasteiger partial charge in [-0.25, -0.2) is 0 Å². The maximum absolute atomic E-state index is 12.2. The summed E-state index contributed by atoms with van der Waals surface area (Å²) in [4.78, 5) is 14.7. The number of thioether (sulfide) groups is 1. The fourth-order valence-electron chi connectivity index (χ4n) is 3.29. The van der Waals surface area contributed by atoms with Gasteiger partial charge in [0.15, 0.2) is 0 Å². The molecule has 1 saturated heterocycles. The Hall–Kier alpha value is -1.78. The molecule has 1 N–H and O–H groups in total. The largest absolute Gasteiger partial charge is 0.326 e. The zero-order chi connectivity index (χ0) is 18.2. The Kier molecular flexibility index (Phi) is 7.15. The van der Waals surface area contributed by atoms with Crippen molar-refractivity contribution < 1.29 is 4.79 Å². The Morgan fingerprint density at radius 2 is 1.85 bits per heavy atom. The normalized spacial score (nSPS) is 15.0. The molecule has 0 radical (unpaired) electrons. The number of rotatable bonds is 7. The predicted molar refractivity (Wildman–Crippen MR) is 112 cm³/mol. The van der Waals surface area contributed by atoms with Crippen molar-refractivity contribution in [3.63, 3.8) is 0 Å². The lowest BCUT2D eigenvalue weighted by Gasteiger charge is -2.26. The number of amides is 1. The highest BCUT2D eigenvalue weighted by molar-refractivity contribution is 7.99. The predicted octanol–water partition coefficient (Wildman–Crippen LogP) is 4.51. The summed E-state index contributed by atoms with van der Waals surface area (Å²) >= 11 is 2.04. The summed E-state index contributed by atoms with van der Waals surface area (Å²) in [7, 11) is 0. The molecule has 0 aliphatic carbocycles. The lowest BCUT2D eigenvalue weighted by molar-refractivity contribution is -0.116. The molecule has 2 aromatic carbocycles. The van der Waals surface area contributed by atoms with E-state index in [4.69, 9.17) is 0 Å². The number of hydrogen-bond acceptors (Lipinski definition) is 3. The van der Waals surface area contributed by atoms with Gasteiger partial charge in [-0.2, -0.15) is 11.8 Å². The summed E-state index contributed by atoms with van der Waals surface area (Å²) in [6, 6.07) is 16.7. The van der Waals surface area contributed by atoms with E-state index in [9.17, 15) is 4.79 Å². The molecule has 0 atom stereocenters. The average molecular weight is 369 g/mol. The zero-order valence-corrected chi connectivity index (χ0v) is 16.4. The van der Waals surface area contributed by atoms with Crippen LogP contribution in [0.15, 0.2) is 48.5 Å². The molecule has 0 saturated carbocycles. The quantitative estimate of drug-likeness (QED) is 0.781. The van der Waals surface area contributed by atoms with Crippen LogP contribution in [0.1, 0.15) is 29.5 Å². The number of nitrogens with one attached hydrogen (secondary N) is 1. The molecule has 0 unspecified atom stereocenters. The van der Waals surface area contributed by atoms with E-state index in [1.807, 2.05) is 30.0 Å². The lowest BCUT2D eigenvalue weighted by Crippen LogP contribution is -2.31. The summed E-state index contributed by atoms with van der Waals surface area (Å²) in [6.07, 6.45) is 2.38. The van der Waals surface area contributed by atoms with Gasteiger partial charge in [0.1, 0.15) is 0 Å². The first-order valence-corrected chi connectivity index (χ1v) is 10.6. The molecule has 1 amide bonds. The second-order valence-corrected chi connectivity index (χ2v) is 8.15. The van der Waals surface area contributed by atoms with Gasteiger partial charge in [0.25, 0.3) is 0 Å². The first kappa shape index (κ1) is 19.0. The minimum absolute atomic E-state index is 0.102. The molecule has 0 spiro atoms. The number of aryl methyl sites for hydroxylation is 2. The van der Waals surface area contributed by atoms with Gasteiger partial charge < -0.3 is 5.32 Å². The van der Waals surface area contributed by atoms with Gasteiger partial charge >= 0.3 is 0 Å². The van der Waals surface area contributed by atoms with Crippen molar-refractivity contribution in [3.05, 3.63) is 65.2 Å². The molecule has 1 aliphatic rings. The van der Waals surface area contributed by atoms with Gasteiger partial charge in [0.05, 0.1) is 0 Å². The van der Waals surface area contributed by atoms with Crippen LogP contribution in [-0.4, -0.2) is 35.4 Å². The topological polar surface area (TPSA) is 32.3 Å². The minimum atomic E-state index is 0.102. The van der Waals surface area contributed by atoms with E-state index < -0.39 is 0 Å². The van der Waals surface area contributed by atoms with E-state index in [1.54, 1.807) is 0 Å². The third kappa shape index (κ3) is 5.89. The highest BCUT2D eigenvalue weighted by Crippen LogP contribution is 2.20. The van der Waals surface area contributed by atoms with Crippen LogP contribution in [0.3, 0.4) is 0 Å². The van der Waals surface area contributed by atoms with E-state index in [0.717, 1.165) is 30.6 Å². The SMILES string of the molecule is Cc1cc(CN2CCSCC2)ccc1NC(=O)CCCc1ccccc1. The summed E-state index contributed by atoms with van der Waals surface area (Å²) in [5, 5.41) is 3.07. The minimum Gasteiger partial charge on any atom is -0.326 e. The Balaban J connectivity index is 1.47. The van der Waals surface area contributed by atoms with Crippen LogP contribution in [0, 0.1) is 6.92 Å². The molecular formula is C22H28N2OS. The molecule has 2 aromatic rings. The van der Waals surface area contributed by atoms with E-state index in [1.165, 1.54) is 35.7 Å². The van der Waals surface area contributed by atoms with Crippen LogP contribution in [-0.2, 0) is 17.8 Å². The molecule has 4 heteroatoms. The van der Waals surface area contributed by atoms with Crippen LogP contribution in [0.4, 0.5) is 5.69 Å². The van der Waals surface area contributed by atoms with Crippen LogP contribution in [0.5, 0.6) is 0 Å². The van der Waals surface area contributed by atoms with Crippen molar-refractivity contribution in [3.8, 4) is 0 Å². The number of benzene rings is 2. The molecule has 138 valence electrons. The van der Waals surface area contributed by atoms with Gasteiger partial charge in [-0.1, -0.05) is 42.5 Å². The number of anilines is 1. The van der Waals surface area contributed by atoms with Crippen LogP contribution < -0.4 is 5.32 Å². The average Bonchev–Trinajstić information content (AvgIpc) is 2.66. The van der Waals surface area contributed by atoms with Crippen LogP contribution in [0.2, 0.25) is 0 Å². The molecule has 3 rings (SSSR count). The van der Waals surface area contributed by atoms with Crippen LogP contribution >= 0.6 is 11.8 Å². The Labute approximate surface area is 161 Å². The molecular weight excluding hydrogens is 340 g/mol. The Morgan fingerprint density at radius 3 is 2.58 bits per heavy atom. The van der Waals surface area contributed by atoms with Gasteiger partial charge in [-0.15, -0.1) is 0 Å². The molecule has 0 bridgehead atoms. The van der Waals surface area contributed by atoms with Crippen molar-refractivity contribution in [1.29, 1.82) is 0 Å². The smallest absolute Gasteiger partial charge is 0.224 e. The van der Waals surface area contributed by atoms with Crippen LogP contribution in [0.25, 0.3) is 0 Å². The second kappa shape index (κ2) is 9.79. The first-order chi connectivity index (χ1) is 12.7. The third-order valence-corrected chi connectivity index (χ3v) is 5.73. The fourth-order valence-corrected chi connectivity index (χ4v) is 4.27. The summed E-state index contributed by atoms with van der Waals surface area (Å²) < 4.78 is 0. The maximum atomic E-state index is 12.2. The molecule has 1 aliphatic heterocycles. The highest BCUT2D eigenvalue weighted by atomic mass is 32.2. The zero-order valence-electron chi connectivity index (χ0n) is 15.5. The number of carbonyl (C=O) groups excluding carboxylic acids is 1. The lowest BCUT2D eigenvalue weighted by atomic mass is 10.1. The Bertz CT molecular complexity index is 711. The molecule has 1 fully saturated rings. The van der Waals surface area contributed by atoms with Crippen molar-refractivity contribution in [2.75, 3.05) is 29.9 Å². The Morgan fingerprint density at radius 1 is 1.08 bits per heavy atom. The monoisotopic (exact) mass is 368 g/mol. The fraction of sp³-hybridized carbons (Fsp3) is 0.409. The third-order valence-electron chi connectivity index (χ3n) is 4.79. The highest BCUT2D eigenvalue weighted by Gasteiger charge is 2.12. The number of hydrogen-bond donors (Lipinski definition) is 1. The van der Waals surface area contributed by atoms with Gasteiger partial charge in [-0.3, -0.25) is 9.69 Å². The summed E-state index contributed by atoms with van der Waals surface area (Å²) in [5.74, 6) is 2.57. The second-order valence-electron chi connectivity index (χ2n) is 6.93. The number of carbonyl (C=O) groups is 1.